The van der Waals surface area contributed by atoms with Crippen LogP contribution in [0.15, 0.2) is 6.20 Å². The van der Waals surface area contributed by atoms with Gasteiger partial charge in [0.25, 0.3) is 0 Å². The largest absolute Gasteiger partial charge is 0.310 e. The predicted molar refractivity (Wildman–Crippen MR) is 66.3 cm³/mol. The summed E-state index contributed by atoms with van der Waals surface area (Å²) in [7, 11) is -3.07. The second-order valence-corrected chi connectivity index (χ2v) is 6.83. The summed E-state index contributed by atoms with van der Waals surface area (Å²) in [4.78, 5) is 4.09. The molecule has 0 aliphatic rings. The van der Waals surface area contributed by atoms with E-state index >= 15 is 0 Å². The molecule has 0 bridgehead atoms. The van der Waals surface area contributed by atoms with Gasteiger partial charge in [-0.15, -0.1) is 11.3 Å². The van der Waals surface area contributed by atoms with Crippen LogP contribution in [0, 0.1) is 0 Å². The summed E-state index contributed by atoms with van der Waals surface area (Å²) in [5.74, 6) is 0. The lowest BCUT2D eigenvalue weighted by Gasteiger charge is -2.03. The molecule has 0 fully saturated rings. The Morgan fingerprint density at radius 3 is 2.81 bits per heavy atom. The number of halogens is 1. The third-order valence-electron chi connectivity index (χ3n) is 1.70. The summed E-state index contributed by atoms with van der Waals surface area (Å²) in [6, 6.07) is 0. The summed E-state index contributed by atoms with van der Waals surface area (Å²) in [5, 5.41) is 4.09. The Balaban J connectivity index is 2.04. The number of hydrogen-bond donors (Lipinski definition) is 2. The molecule has 0 saturated heterocycles. The van der Waals surface area contributed by atoms with Gasteiger partial charge in [-0.05, 0) is 13.0 Å². The maximum atomic E-state index is 10.7. The van der Waals surface area contributed by atoms with Gasteiger partial charge in [-0.2, -0.15) is 0 Å². The van der Waals surface area contributed by atoms with E-state index in [1.54, 1.807) is 6.20 Å². The molecule has 1 rings (SSSR count). The van der Waals surface area contributed by atoms with Crippen molar-refractivity contribution in [2.24, 2.45) is 0 Å². The van der Waals surface area contributed by atoms with Gasteiger partial charge in [0.2, 0.25) is 10.0 Å². The highest BCUT2D eigenvalue weighted by atomic mass is 35.5. The van der Waals surface area contributed by atoms with Crippen molar-refractivity contribution >= 4 is 33.0 Å². The van der Waals surface area contributed by atoms with Crippen LogP contribution in [0.2, 0.25) is 4.34 Å². The molecule has 0 unspecified atom stereocenters. The average Bonchev–Trinajstić information content (AvgIpc) is 2.56. The first-order chi connectivity index (χ1) is 7.47. The molecule has 0 aromatic carbocycles. The van der Waals surface area contributed by atoms with Crippen LogP contribution in [-0.2, 0) is 16.6 Å². The Bertz CT molecular complexity index is 419. The molecule has 0 amide bonds. The van der Waals surface area contributed by atoms with Crippen LogP contribution in [0.4, 0.5) is 0 Å². The first-order valence-electron chi connectivity index (χ1n) is 4.73. The summed E-state index contributed by atoms with van der Waals surface area (Å²) in [6.07, 6.45) is 3.51. The second kappa shape index (κ2) is 6.51. The smallest absolute Gasteiger partial charge is 0.208 e. The van der Waals surface area contributed by atoms with Crippen LogP contribution < -0.4 is 10.0 Å². The van der Waals surface area contributed by atoms with E-state index in [0.29, 0.717) is 17.4 Å². The van der Waals surface area contributed by atoms with Gasteiger partial charge in [0, 0.05) is 13.1 Å². The van der Waals surface area contributed by atoms with E-state index in [1.165, 1.54) is 11.3 Å². The number of aromatic nitrogens is 1. The molecule has 0 spiro atoms. The van der Waals surface area contributed by atoms with Crippen molar-refractivity contribution in [2.75, 3.05) is 19.3 Å². The Morgan fingerprint density at radius 2 is 2.25 bits per heavy atom. The van der Waals surface area contributed by atoms with Gasteiger partial charge in [0.05, 0.1) is 12.5 Å². The molecular weight excluding hydrogens is 270 g/mol. The van der Waals surface area contributed by atoms with Crippen LogP contribution in [0.3, 0.4) is 0 Å². The van der Waals surface area contributed by atoms with Crippen LogP contribution in [-0.4, -0.2) is 32.7 Å². The van der Waals surface area contributed by atoms with E-state index in [9.17, 15) is 8.42 Å². The van der Waals surface area contributed by atoms with Crippen molar-refractivity contribution in [3.05, 3.63) is 15.5 Å². The van der Waals surface area contributed by atoms with Gasteiger partial charge >= 0.3 is 0 Å². The minimum atomic E-state index is -3.07. The van der Waals surface area contributed by atoms with Crippen molar-refractivity contribution in [1.29, 1.82) is 0 Å². The standard InChI is InChI=1S/C8H14ClN3O2S2/c1-16(13,14)12-4-2-3-10-6-8-11-5-7(9)15-8/h5,10,12H,2-4,6H2,1H3. The van der Waals surface area contributed by atoms with E-state index in [1.807, 2.05) is 0 Å². The molecule has 1 aromatic heterocycles. The van der Waals surface area contributed by atoms with E-state index in [-0.39, 0.29) is 0 Å². The van der Waals surface area contributed by atoms with E-state index in [0.717, 1.165) is 24.2 Å². The quantitative estimate of drug-likeness (QED) is 0.727. The van der Waals surface area contributed by atoms with Crippen molar-refractivity contribution < 1.29 is 8.42 Å². The highest BCUT2D eigenvalue weighted by molar-refractivity contribution is 7.88. The van der Waals surface area contributed by atoms with Crippen LogP contribution >= 0.6 is 22.9 Å². The molecule has 16 heavy (non-hydrogen) atoms. The van der Waals surface area contributed by atoms with Crippen LogP contribution in [0.25, 0.3) is 0 Å². The van der Waals surface area contributed by atoms with Gasteiger partial charge < -0.3 is 5.32 Å². The number of nitrogens with one attached hydrogen (secondary N) is 2. The second-order valence-electron chi connectivity index (χ2n) is 3.25. The highest BCUT2D eigenvalue weighted by Gasteiger charge is 2.00. The lowest BCUT2D eigenvalue weighted by atomic mass is 10.4. The average molecular weight is 284 g/mol. The molecule has 0 radical (unpaired) electrons. The minimum Gasteiger partial charge on any atom is -0.310 e. The lowest BCUT2D eigenvalue weighted by Crippen LogP contribution is -2.26. The summed E-state index contributed by atoms with van der Waals surface area (Å²) in [5.41, 5.74) is 0. The molecule has 5 nitrogen and oxygen atoms in total. The summed E-state index contributed by atoms with van der Waals surface area (Å²) >= 11 is 7.16. The molecule has 2 N–H and O–H groups in total. The third kappa shape index (κ3) is 6.39. The zero-order valence-corrected chi connectivity index (χ0v) is 11.3. The van der Waals surface area contributed by atoms with E-state index in [4.69, 9.17) is 11.6 Å². The molecule has 0 saturated carbocycles. The topological polar surface area (TPSA) is 71.1 Å². The normalized spacial score (nSPS) is 11.9. The summed E-state index contributed by atoms with van der Waals surface area (Å²) < 4.78 is 24.6. The van der Waals surface area contributed by atoms with Gasteiger partial charge in [-0.25, -0.2) is 18.1 Å². The fraction of sp³-hybridized carbons (Fsp3) is 0.625. The first kappa shape index (κ1) is 13.9. The number of hydrogen-bond acceptors (Lipinski definition) is 5. The monoisotopic (exact) mass is 283 g/mol. The fourth-order valence-electron chi connectivity index (χ4n) is 1.04. The van der Waals surface area contributed by atoms with Gasteiger partial charge in [0.15, 0.2) is 0 Å². The Morgan fingerprint density at radius 1 is 1.50 bits per heavy atom. The van der Waals surface area contributed by atoms with E-state index in [2.05, 4.69) is 15.0 Å². The molecular formula is C8H14ClN3O2S2. The van der Waals surface area contributed by atoms with Crippen LogP contribution in [0.5, 0.6) is 0 Å². The molecule has 8 heteroatoms. The fourth-order valence-corrected chi connectivity index (χ4v) is 2.48. The van der Waals surface area contributed by atoms with Crippen molar-refractivity contribution in [3.63, 3.8) is 0 Å². The Hall–Kier alpha value is -0.210. The van der Waals surface area contributed by atoms with E-state index < -0.39 is 10.0 Å². The number of nitrogens with zero attached hydrogens (tertiary/aromatic N) is 1. The maximum Gasteiger partial charge on any atom is 0.208 e. The number of thiazole rings is 1. The SMILES string of the molecule is CS(=O)(=O)NCCCNCc1ncc(Cl)s1. The maximum absolute atomic E-state index is 10.7. The number of sulfonamides is 1. The highest BCUT2D eigenvalue weighted by Crippen LogP contribution is 2.17. The first-order valence-corrected chi connectivity index (χ1v) is 7.81. The molecule has 1 heterocycles. The third-order valence-corrected chi connectivity index (χ3v) is 3.54. The van der Waals surface area contributed by atoms with Gasteiger partial charge in [-0.3, -0.25) is 0 Å². The van der Waals surface area contributed by atoms with Crippen molar-refractivity contribution in [3.8, 4) is 0 Å². The van der Waals surface area contributed by atoms with Crippen molar-refractivity contribution in [2.45, 2.75) is 13.0 Å². The zero-order chi connectivity index (χ0) is 12.0. The van der Waals surface area contributed by atoms with Crippen molar-refractivity contribution in [1.82, 2.24) is 15.0 Å². The molecule has 0 aliphatic heterocycles. The van der Waals surface area contributed by atoms with Crippen LogP contribution in [0.1, 0.15) is 11.4 Å². The van der Waals surface area contributed by atoms with Gasteiger partial charge in [-0.1, -0.05) is 11.6 Å². The minimum absolute atomic E-state index is 0.449. The Kier molecular flexibility index (Phi) is 5.63. The lowest BCUT2D eigenvalue weighted by molar-refractivity contribution is 0.579. The molecule has 0 aliphatic carbocycles. The molecule has 0 atom stereocenters. The van der Waals surface area contributed by atoms with Gasteiger partial charge in [0.1, 0.15) is 9.34 Å². The zero-order valence-electron chi connectivity index (χ0n) is 8.86. The molecule has 92 valence electrons. The molecule has 1 aromatic rings. The number of rotatable bonds is 7. The Labute approximate surface area is 104 Å². The predicted octanol–water partition coefficient (Wildman–Crippen LogP) is 0.825. The summed E-state index contributed by atoms with van der Waals surface area (Å²) in [6.45, 7) is 1.85.